The molecule has 2 rings (SSSR count). The molecule has 0 fully saturated rings. The zero-order valence-electron chi connectivity index (χ0n) is 11.3. The zero-order valence-corrected chi connectivity index (χ0v) is 11.3. The van der Waals surface area contributed by atoms with Crippen LogP contribution >= 0.6 is 0 Å². The maximum absolute atomic E-state index is 11.0. The first-order valence-corrected chi connectivity index (χ1v) is 6.53. The second-order valence-corrected chi connectivity index (χ2v) is 5.25. The Balaban J connectivity index is 2.37. The van der Waals surface area contributed by atoms with Crippen LogP contribution in [0.5, 0.6) is 0 Å². The predicted molar refractivity (Wildman–Crippen MR) is 68.7 cm³/mol. The van der Waals surface area contributed by atoms with Gasteiger partial charge in [0.15, 0.2) is 5.69 Å². The van der Waals surface area contributed by atoms with Crippen molar-refractivity contribution in [3.8, 4) is 0 Å². The molecule has 1 aliphatic rings. The Hall–Kier alpha value is -1.36. The van der Waals surface area contributed by atoms with Gasteiger partial charge < -0.3 is 5.11 Å². The summed E-state index contributed by atoms with van der Waals surface area (Å²) in [5.41, 5.74) is 1.20. The molecule has 1 aromatic rings. The van der Waals surface area contributed by atoms with E-state index in [1.807, 2.05) is 4.68 Å². The number of fused-ring (bicyclic) bond motifs is 1. The number of carbonyl (C=O) groups is 1. The van der Waals surface area contributed by atoms with E-state index in [1.165, 1.54) is 0 Å². The number of nitrogens with zero attached hydrogens (tertiary/aromatic N) is 3. The lowest BCUT2D eigenvalue weighted by Crippen LogP contribution is -2.31. The first-order valence-electron chi connectivity index (χ1n) is 6.53. The molecular formula is C13H21N3O2. The second kappa shape index (κ2) is 5.10. The Bertz CT molecular complexity index is 439. The third-order valence-corrected chi connectivity index (χ3v) is 3.78. The fourth-order valence-corrected chi connectivity index (χ4v) is 2.50. The van der Waals surface area contributed by atoms with E-state index in [-0.39, 0.29) is 11.7 Å². The summed E-state index contributed by atoms with van der Waals surface area (Å²) in [6.45, 7) is 5.14. The molecule has 0 saturated carbocycles. The lowest BCUT2D eigenvalue weighted by Gasteiger charge is -2.30. The summed E-state index contributed by atoms with van der Waals surface area (Å²) >= 11 is 0. The monoisotopic (exact) mass is 251 g/mol. The summed E-state index contributed by atoms with van der Waals surface area (Å²) in [4.78, 5) is 13.3. The first-order chi connectivity index (χ1) is 8.50. The molecule has 100 valence electrons. The molecule has 0 saturated heterocycles. The quantitative estimate of drug-likeness (QED) is 0.894. The van der Waals surface area contributed by atoms with Gasteiger partial charge in [0, 0.05) is 12.6 Å². The highest BCUT2D eigenvalue weighted by atomic mass is 16.4. The number of aryl methyl sites for hydroxylation is 1. The average molecular weight is 251 g/mol. The molecule has 0 amide bonds. The third-order valence-electron chi connectivity index (χ3n) is 3.78. The maximum atomic E-state index is 11.0. The van der Waals surface area contributed by atoms with Crippen LogP contribution in [0.4, 0.5) is 0 Å². The average Bonchev–Trinajstić information content (AvgIpc) is 2.64. The third kappa shape index (κ3) is 2.41. The summed E-state index contributed by atoms with van der Waals surface area (Å²) in [5.74, 6) is -0.943. The summed E-state index contributed by atoms with van der Waals surface area (Å²) in [7, 11) is 2.10. The van der Waals surface area contributed by atoms with E-state index in [0.717, 1.165) is 31.5 Å². The van der Waals surface area contributed by atoms with Crippen molar-refractivity contribution in [3.05, 3.63) is 17.5 Å². The van der Waals surface area contributed by atoms with E-state index in [9.17, 15) is 4.79 Å². The van der Waals surface area contributed by atoms with Crippen molar-refractivity contribution in [2.45, 2.75) is 51.7 Å². The van der Waals surface area contributed by atoms with E-state index in [2.05, 4.69) is 30.9 Å². The summed E-state index contributed by atoms with van der Waals surface area (Å²) in [6.07, 6.45) is 3.29. The van der Waals surface area contributed by atoms with E-state index in [1.54, 1.807) is 6.07 Å². The highest BCUT2D eigenvalue weighted by molar-refractivity contribution is 5.85. The minimum Gasteiger partial charge on any atom is -0.476 e. The maximum Gasteiger partial charge on any atom is 0.356 e. The van der Waals surface area contributed by atoms with Gasteiger partial charge in [-0.3, -0.25) is 9.58 Å². The standard InChI is InChI=1S/C13H21N3O2/c1-9(2)15(3)11-6-4-5-7-16-12(11)8-10(14-16)13(17)18/h8-9,11H,4-7H2,1-3H3,(H,17,18). The minimum atomic E-state index is -0.943. The molecule has 0 aromatic carbocycles. The van der Waals surface area contributed by atoms with Crippen LogP contribution in [0.1, 0.15) is 55.3 Å². The SMILES string of the molecule is CC(C)N(C)C1CCCCn2nc(C(=O)O)cc21. The number of aromatic nitrogens is 2. The number of hydrogen-bond acceptors (Lipinski definition) is 3. The minimum absolute atomic E-state index is 0.161. The van der Waals surface area contributed by atoms with Crippen molar-refractivity contribution in [2.75, 3.05) is 7.05 Å². The molecule has 1 aromatic heterocycles. The van der Waals surface area contributed by atoms with Gasteiger partial charge in [0.1, 0.15) is 0 Å². The molecule has 0 radical (unpaired) electrons. The van der Waals surface area contributed by atoms with Crippen molar-refractivity contribution >= 4 is 5.97 Å². The van der Waals surface area contributed by atoms with Gasteiger partial charge in [-0.2, -0.15) is 5.10 Å². The highest BCUT2D eigenvalue weighted by Gasteiger charge is 2.26. The fraction of sp³-hybridized carbons (Fsp3) is 0.692. The summed E-state index contributed by atoms with van der Waals surface area (Å²) < 4.78 is 1.88. The molecule has 1 atom stereocenters. The Morgan fingerprint density at radius 2 is 2.28 bits per heavy atom. The van der Waals surface area contributed by atoms with Gasteiger partial charge in [-0.05, 0) is 46.2 Å². The van der Waals surface area contributed by atoms with Gasteiger partial charge in [0.2, 0.25) is 0 Å². The lowest BCUT2D eigenvalue weighted by atomic mass is 10.0. The van der Waals surface area contributed by atoms with Crippen molar-refractivity contribution < 1.29 is 9.90 Å². The van der Waals surface area contributed by atoms with Crippen LogP contribution in [0.15, 0.2) is 6.07 Å². The summed E-state index contributed by atoms with van der Waals surface area (Å²) in [6, 6.07) is 2.44. The number of carboxylic acid groups (broad SMARTS) is 1. The van der Waals surface area contributed by atoms with Gasteiger partial charge >= 0.3 is 5.97 Å². The Morgan fingerprint density at radius 1 is 1.56 bits per heavy atom. The van der Waals surface area contributed by atoms with Crippen LogP contribution in [0.2, 0.25) is 0 Å². The topological polar surface area (TPSA) is 58.4 Å². The Morgan fingerprint density at radius 3 is 2.89 bits per heavy atom. The number of carboxylic acids is 1. The van der Waals surface area contributed by atoms with Gasteiger partial charge in [0.25, 0.3) is 0 Å². The molecule has 1 unspecified atom stereocenters. The molecule has 1 N–H and O–H groups in total. The van der Waals surface area contributed by atoms with Crippen molar-refractivity contribution in [1.82, 2.24) is 14.7 Å². The molecule has 2 heterocycles. The first kappa shape index (κ1) is 13.1. The molecule has 0 bridgehead atoms. The molecule has 18 heavy (non-hydrogen) atoms. The second-order valence-electron chi connectivity index (χ2n) is 5.25. The number of aromatic carboxylic acids is 1. The highest BCUT2D eigenvalue weighted by Crippen LogP contribution is 2.30. The largest absolute Gasteiger partial charge is 0.476 e. The molecular weight excluding hydrogens is 230 g/mol. The Kier molecular flexibility index (Phi) is 3.71. The van der Waals surface area contributed by atoms with Crippen LogP contribution in [-0.2, 0) is 6.54 Å². The molecule has 5 nitrogen and oxygen atoms in total. The van der Waals surface area contributed by atoms with Crippen LogP contribution in [0.3, 0.4) is 0 Å². The van der Waals surface area contributed by atoms with Crippen LogP contribution < -0.4 is 0 Å². The molecule has 1 aliphatic heterocycles. The lowest BCUT2D eigenvalue weighted by molar-refractivity contribution is 0.0689. The van der Waals surface area contributed by atoms with Crippen LogP contribution in [0, 0.1) is 0 Å². The summed E-state index contributed by atoms with van der Waals surface area (Å²) in [5, 5.41) is 13.2. The van der Waals surface area contributed by atoms with Gasteiger partial charge in [-0.25, -0.2) is 4.79 Å². The normalized spacial score (nSPS) is 19.9. The van der Waals surface area contributed by atoms with Gasteiger partial charge in [0.05, 0.1) is 11.7 Å². The molecule has 0 aliphatic carbocycles. The zero-order chi connectivity index (χ0) is 13.3. The van der Waals surface area contributed by atoms with Crippen LogP contribution in [0.25, 0.3) is 0 Å². The fourth-order valence-electron chi connectivity index (χ4n) is 2.50. The van der Waals surface area contributed by atoms with E-state index >= 15 is 0 Å². The van der Waals surface area contributed by atoms with Gasteiger partial charge in [-0.1, -0.05) is 0 Å². The van der Waals surface area contributed by atoms with Crippen molar-refractivity contribution in [1.29, 1.82) is 0 Å². The predicted octanol–water partition coefficient (Wildman–Crippen LogP) is 2.15. The van der Waals surface area contributed by atoms with Gasteiger partial charge in [-0.15, -0.1) is 0 Å². The van der Waals surface area contributed by atoms with Crippen molar-refractivity contribution in [3.63, 3.8) is 0 Å². The van der Waals surface area contributed by atoms with E-state index < -0.39 is 5.97 Å². The van der Waals surface area contributed by atoms with Crippen molar-refractivity contribution in [2.24, 2.45) is 0 Å². The smallest absolute Gasteiger partial charge is 0.356 e. The molecule has 5 heteroatoms. The van der Waals surface area contributed by atoms with E-state index in [0.29, 0.717) is 6.04 Å². The van der Waals surface area contributed by atoms with E-state index in [4.69, 9.17) is 5.11 Å². The van der Waals surface area contributed by atoms with Crippen LogP contribution in [-0.4, -0.2) is 38.8 Å². The Labute approximate surface area is 107 Å². The molecule has 0 spiro atoms. The number of hydrogen-bond donors (Lipinski definition) is 1. The number of rotatable bonds is 3.